The van der Waals surface area contributed by atoms with Crippen LogP contribution in [0.2, 0.25) is 0 Å². The Kier molecular flexibility index (Phi) is 2.66. The van der Waals surface area contributed by atoms with E-state index in [1.807, 2.05) is 12.1 Å². The van der Waals surface area contributed by atoms with E-state index in [1.165, 1.54) is 16.2 Å². The molecule has 3 heteroatoms. The fourth-order valence-corrected chi connectivity index (χ4v) is 5.13. The molecule has 26 heavy (non-hydrogen) atoms. The minimum atomic E-state index is -0.00570. The molecule has 0 spiro atoms. The zero-order valence-electron chi connectivity index (χ0n) is 13.7. The van der Waals surface area contributed by atoms with Crippen molar-refractivity contribution >= 4 is 64.0 Å². The predicted molar refractivity (Wildman–Crippen MR) is 112 cm³/mol. The summed E-state index contributed by atoms with van der Waals surface area (Å²) in [6, 6.07) is 25.3. The van der Waals surface area contributed by atoms with E-state index in [4.69, 9.17) is 0 Å². The third kappa shape index (κ3) is 1.78. The number of H-pyrrole nitrogens is 1. The van der Waals surface area contributed by atoms with Gasteiger partial charge >= 0.3 is 0 Å². The van der Waals surface area contributed by atoms with Crippen LogP contribution in [0.4, 0.5) is 0 Å². The molecule has 0 aliphatic rings. The summed E-state index contributed by atoms with van der Waals surface area (Å²) < 4.78 is 1.96. The van der Waals surface area contributed by atoms with Crippen molar-refractivity contribution in [2.24, 2.45) is 0 Å². The molecule has 0 atom stereocenters. The highest BCUT2D eigenvalue weighted by molar-refractivity contribution is 7.26. The monoisotopic (exact) mass is 351 g/mol. The summed E-state index contributed by atoms with van der Waals surface area (Å²) in [5.74, 6) is 0. The van der Waals surface area contributed by atoms with Crippen LogP contribution in [-0.4, -0.2) is 4.98 Å². The smallest absolute Gasteiger partial charge is 0.266 e. The summed E-state index contributed by atoms with van der Waals surface area (Å²) in [5.41, 5.74) is 0.891. The lowest BCUT2D eigenvalue weighted by atomic mass is 9.98. The molecule has 0 unspecified atom stereocenters. The van der Waals surface area contributed by atoms with Crippen molar-refractivity contribution in [1.82, 2.24) is 4.98 Å². The number of rotatable bonds is 0. The highest BCUT2D eigenvalue weighted by Crippen LogP contribution is 2.38. The second-order valence-corrected chi connectivity index (χ2v) is 7.71. The van der Waals surface area contributed by atoms with E-state index in [0.717, 1.165) is 36.5 Å². The van der Waals surface area contributed by atoms with E-state index >= 15 is 0 Å². The fourth-order valence-electron chi connectivity index (χ4n) is 4.02. The Hall–Kier alpha value is -3.17. The van der Waals surface area contributed by atoms with E-state index < -0.39 is 0 Å². The average molecular weight is 351 g/mol. The maximum Gasteiger partial charge on any atom is 0.266 e. The number of nitrogens with one attached hydrogen (secondary N) is 1. The molecular formula is C23H13NOS. The Balaban J connectivity index is 1.93. The average Bonchev–Trinajstić information content (AvgIpc) is 3.07. The molecule has 0 bridgehead atoms. The third-order valence-electron chi connectivity index (χ3n) is 5.20. The molecule has 2 aromatic heterocycles. The van der Waals surface area contributed by atoms with Gasteiger partial charge in [0.05, 0.1) is 0 Å². The molecule has 1 N–H and O–H groups in total. The number of fused-ring (bicyclic) bond motifs is 8. The quantitative estimate of drug-likeness (QED) is 0.256. The number of pyridine rings is 1. The van der Waals surface area contributed by atoms with Gasteiger partial charge in [-0.1, -0.05) is 54.6 Å². The van der Waals surface area contributed by atoms with Crippen molar-refractivity contribution in [1.29, 1.82) is 0 Å². The molecule has 2 heterocycles. The van der Waals surface area contributed by atoms with E-state index in [0.29, 0.717) is 0 Å². The number of aromatic nitrogens is 1. The molecular weight excluding hydrogens is 338 g/mol. The summed E-state index contributed by atoms with van der Waals surface area (Å²) in [6.07, 6.45) is 0. The van der Waals surface area contributed by atoms with Gasteiger partial charge < -0.3 is 4.98 Å². The Bertz CT molecular complexity index is 1560. The number of thiophene rings is 1. The van der Waals surface area contributed by atoms with E-state index in [9.17, 15) is 4.79 Å². The fraction of sp³-hybridized carbons (Fsp3) is 0. The first-order chi connectivity index (χ1) is 12.8. The molecule has 2 nitrogen and oxygen atoms in total. The van der Waals surface area contributed by atoms with Crippen molar-refractivity contribution < 1.29 is 0 Å². The lowest BCUT2D eigenvalue weighted by molar-refractivity contribution is 1.36. The maximum atomic E-state index is 12.7. The Morgan fingerprint density at radius 2 is 1.46 bits per heavy atom. The molecule has 0 amide bonds. The molecule has 6 rings (SSSR count). The first kappa shape index (κ1) is 14.0. The lowest BCUT2D eigenvalue weighted by Gasteiger charge is -2.07. The normalized spacial score (nSPS) is 12.0. The van der Waals surface area contributed by atoms with Crippen LogP contribution in [0, 0.1) is 0 Å². The van der Waals surface area contributed by atoms with Gasteiger partial charge in [-0.25, -0.2) is 0 Å². The Morgan fingerprint density at radius 3 is 2.38 bits per heavy atom. The van der Waals surface area contributed by atoms with Gasteiger partial charge in [-0.3, -0.25) is 4.79 Å². The van der Waals surface area contributed by atoms with Crippen molar-refractivity contribution in [3.8, 4) is 0 Å². The minimum absolute atomic E-state index is 0.00570. The topological polar surface area (TPSA) is 32.9 Å². The largest absolute Gasteiger partial charge is 0.321 e. The molecule has 122 valence electrons. The molecule has 0 saturated heterocycles. The van der Waals surface area contributed by atoms with Crippen LogP contribution in [0.5, 0.6) is 0 Å². The highest BCUT2D eigenvalue weighted by Gasteiger charge is 2.13. The Morgan fingerprint density at radius 1 is 0.692 bits per heavy atom. The van der Waals surface area contributed by atoms with E-state index in [2.05, 4.69) is 65.6 Å². The van der Waals surface area contributed by atoms with Gasteiger partial charge in [0.2, 0.25) is 0 Å². The minimum Gasteiger partial charge on any atom is -0.321 e. The van der Waals surface area contributed by atoms with Crippen LogP contribution in [-0.2, 0) is 0 Å². The molecule has 0 aliphatic heterocycles. The number of aromatic amines is 1. The lowest BCUT2D eigenvalue weighted by Crippen LogP contribution is -2.04. The van der Waals surface area contributed by atoms with Crippen LogP contribution in [0.3, 0.4) is 0 Å². The van der Waals surface area contributed by atoms with E-state index in [1.54, 1.807) is 11.3 Å². The second-order valence-electron chi connectivity index (χ2n) is 6.66. The predicted octanol–water partition coefficient (Wildman–Crippen LogP) is 6.20. The summed E-state index contributed by atoms with van der Waals surface area (Å²) in [6.45, 7) is 0. The van der Waals surface area contributed by atoms with Gasteiger partial charge in [0.15, 0.2) is 0 Å². The van der Waals surface area contributed by atoms with E-state index in [-0.39, 0.29) is 5.56 Å². The first-order valence-corrected chi connectivity index (χ1v) is 9.40. The molecule has 0 fully saturated rings. The SMILES string of the molecule is O=c1[nH]c2cc3ccc4ccccc4c3cc2c2c1sc1ccccc12. The highest BCUT2D eigenvalue weighted by atomic mass is 32.1. The van der Waals surface area contributed by atoms with Crippen LogP contribution >= 0.6 is 11.3 Å². The van der Waals surface area contributed by atoms with Crippen LogP contribution in [0.25, 0.3) is 52.6 Å². The molecule has 0 saturated carbocycles. The maximum absolute atomic E-state index is 12.7. The van der Waals surface area contributed by atoms with Gasteiger partial charge in [-0.15, -0.1) is 11.3 Å². The Labute approximate surface area is 152 Å². The first-order valence-electron chi connectivity index (χ1n) is 8.58. The van der Waals surface area contributed by atoms with Crippen LogP contribution in [0.15, 0.2) is 77.6 Å². The van der Waals surface area contributed by atoms with Crippen molar-refractivity contribution in [2.45, 2.75) is 0 Å². The van der Waals surface area contributed by atoms with Crippen LogP contribution < -0.4 is 5.56 Å². The number of hydrogen-bond donors (Lipinski definition) is 1. The van der Waals surface area contributed by atoms with Crippen LogP contribution in [0.1, 0.15) is 0 Å². The number of benzene rings is 4. The molecule has 0 aliphatic carbocycles. The van der Waals surface area contributed by atoms with Crippen molar-refractivity contribution in [3.05, 3.63) is 83.2 Å². The van der Waals surface area contributed by atoms with Gasteiger partial charge in [-0.05, 0) is 39.7 Å². The third-order valence-corrected chi connectivity index (χ3v) is 6.37. The van der Waals surface area contributed by atoms with Crippen molar-refractivity contribution in [2.75, 3.05) is 0 Å². The summed E-state index contributed by atoms with van der Waals surface area (Å²) in [5, 5.41) is 8.18. The van der Waals surface area contributed by atoms with Gasteiger partial charge in [0.1, 0.15) is 4.70 Å². The summed E-state index contributed by atoms with van der Waals surface area (Å²) in [4.78, 5) is 15.8. The number of hydrogen-bond acceptors (Lipinski definition) is 2. The molecule has 4 aromatic carbocycles. The second kappa shape index (κ2) is 4.93. The van der Waals surface area contributed by atoms with Gasteiger partial charge in [0, 0.05) is 26.4 Å². The molecule has 6 aromatic rings. The summed E-state index contributed by atoms with van der Waals surface area (Å²) in [7, 11) is 0. The summed E-state index contributed by atoms with van der Waals surface area (Å²) >= 11 is 1.57. The van der Waals surface area contributed by atoms with Gasteiger partial charge in [-0.2, -0.15) is 0 Å². The molecule has 0 radical (unpaired) electrons. The van der Waals surface area contributed by atoms with Gasteiger partial charge in [0.25, 0.3) is 5.56 Å². The standard InChI is InChI=1S/C23H13NOS/c25-23-22-21(16-7-3-4-8-20(16)26-22)18-12-17-14(11-19(18)24-23)10-9-13-5-1-2-6-15(13)17/h1-12H,(H,24,25). The zero-order valence-corrected chi connectivity index (χ0v) is 14.6. The van der Waals surface area contributed by atoms with Crippen molar-refractivity contribution in [3.63, 3.8) is 0 Å². The zero-order chi connectivity index (χ0) is 17.3.